The molecule has 0 N–H and O–H groups in total. The molecule has 5 heteroatoms. The monoisotopic (exact) mass is 286 g/mol. The maximum Gasteiger partial charge on any atom is 0.416 e. The van der Waals surface area contributed by atoms with Gasteiger partial charge in [-0.15, -0.1) is 0 Å². The van der Waals surface area contributed by atoms with Crippen LogP contribution in [0.25, 0.3) is 0 Å². The van der Waals surface area contributed by atoms with Gasteiger partial charge in [0.25, 0.3) is 0 Å². The Balaban J connectivity index is 2.07. The van der Waals surface area contributed by atoms with E-state index < -0.39 is 17.3 Å². The fourth-order valence-electron chi connectivity index (χ4n) is 3.20. The fraction of sp³-hybridized carbons (Fsp3) is 0.600. The summed E-state index contributed by atoms with van der Waals surface area (Å²) < 4.78 is 50.2. The van der Waals surface area contributed by atoms with Crippen molar-refractivity contribution in [1.29, 1.82) is 0 Å². The lowest BCUT2D eigenvalue weighted by Crippen LogP contribution is -2.47. The van der Waals surface area contributed by atoms with Crippen molar-refractivity contribution in [2.45, 2.75) is 44.6 Å². The lowest BCUT2D eigenvalue weighted by molar-refractivity contribution is -0.138. The summed E-state index contributed by atoms with van der Waals surface area (Å²) in [6.45, 7) is 4.53. The van der Waals surface area contributed by atoms with E-state index in [1.165, 1.54) is 12.1 Å². The van der Waals surface area contributed by atoms with Crippen molar-refractivity contribution >= 4 is 0 Å². The smallest absolute Gasteiger partial charge is 0.416 e. The molecule has 0 spiro atoms. The third-order valence-corrected chi connectivity index (χ3v) is 4.23. The van der Waals surface area contributed by atoms with Gasteiger partial charge in [0.15, 0.2) is 0 Å². The third-order valence-electron chi connectivity index (χ3n) is 4.23. The van der Waals surface area contributed by atoms with Crippen molar-refractivity contribution in [3.8, 4) is 5.75 Å². The van der Waals surface area contributed by atoms with Crippen LogP contribution in [0.5, 0.6) is 5.75 Å². The van der Waals surface area contributed by atoms with Gasteiger partial charge in [0.2, 0.25) is 0 Å². The van der Waals surface area contributed by atoms with E-state index in [1.807, 2.05) is 13.8 Å². The molecule has 3 rings (SSSR count). The summed E-state index contributed by atoms with van der Waals surface area (Å²) in [5.74, 6) is 0.596. The van der Waals surface area contributed by atoms with Gasteiger partial charge in [0, 0.05) is 18.1 Å². The number of rotatable bonds is 0. The first-order chi connectivity index (χ1) is 9.29. The van der Waals surface area contributed by atoms with Crippen molar-refractivity contribution in [3.63, 3.8) is 0 Å². The molecule has 0 unspecified atom stereocenters. The van der Waals surface area contributed by atoms with Crippen LogP contribution in [0.2, 0.25) is 0 Å². The molecule has 0 radical (unpaired) electrons. The van der Waals surface area contributed by atoms with Crippen molar-refractivity contribution in [2.75, 3.05) is 6.61 Å². The van der Waals surface area contributed by atoms with Crippen LogP contribution >= 0.6 is 0 Å². The highest BCUT2D eigenvalue weighted by atomic mass is 19.4. The molecule has 1 fully saturated rings. The first-order valence-electron chi connectivity index (χ1n) is 6.81. The van der Waals surface area contributed by atoms with Gasteiger partial charge in [0.05, 0.1) is 11.7 Å². The Labute approximate surface area is 115 Å². The summed E-state index contributed by atoms with van der Waals surface area (Å²) in [4.78, 5) is 0. The molecule has 20 heavy (non-hydrogen) atoms. The Morgan fingerprint density at radius 2 is 2.00 bits per heavy atom. The number of alkyl halides is 3. The minimum Gasteiger partial charge on any atom is -0.487 e. The molecular weight excluding hydrogens is 269 g/mol. The zero-order chi connectivity index (χ0) is 14.5. The molecule has 0 bridgehead atoms. The van der Waals surface area contributed by atoms with Crippen LogP contribution < -0.4 is 4.74 Å². The van der Waals surface area contributed by atoms with E-state index in [4.69, 9.17) is 9.47 Å². The molecule has 2 atom stereocenters. The van der Waals surface area contributed by atoms with Gasteiger partial charge in [0.1, 0.15) is 11.4 Å². The second kappa shape index (κ2) is 4.38. The lowest BCUT2D eigenvalue weighted by atomic mass is 9.76. The maximum absolute atomic E-state index is 12.9. The molecule has 2 aliphatic rings. The largest absolute Gasteiger partial charge is 0.487 e. The summed E-state index contributed by atoms with van der Waals surface area (Å²) in [6.07, 6.45) is -2.81. The zero-order valence-electron chi connectivity index (χ0n) is 11.5. The van der Waals surface area contributed by atoms with Crippen molar-refractivity contribution < 1.29 is 22.6 Å². The molecule has 1 aromatic rings. The molecule has 1 saturated heterocycles. The highest BCUT2D eigenvalue weighted by Gasteiger charge is 2.46. The molecule has 2 heterocycles. The highest BCUT2D eigenvalue weighted by Crippen LogP contribution is 2.50. The van der Waals surface area contributed by atoms with Crippen LogP contribution in [0, 0.1) is 5.92 Å². The Morgan fingerprint density at radius 1 is 1.25 bits per heavy atom. The normalized spacial score (nSPS) is 28.2. The zero-order valence-corrected chi connectivity index (χ0v) is 11.5. The van der Waals surface area contributed by atoms with Crippen LogP contribution in [0.3, 0.4) is 0 Å². The molecule has 0 aliphatic carbocycles. The quantitative estimate of drug-likeness (QED) is 0.706. The van der Waals surface area contributed by atoms with Gasteiger partial charge in [-0.2, -0.15) is 13.2 Å². The highest BCUT2D eigenvalue weighted by molar-refractivity contribution is 5.43. The van der Waals surface area contributed by atoms with E-state index in [0.717, 1.165) is 18.9 Å². The predicted molar refractivity (Wildman–Crippen MR) is 67.6 cm³/mol. The summed E-state index contributed by atoms with van der Waals surface area (Å²) in [7, 11) is 0. The maximum atomic E-state index is 12.9. The van der Waals surface area contributed by atoms with Crippen LogP contribution in [0.4, 0.5) is 13.2 Å². The van der Waals surface area contributed by atoms with Gasteiger partial charge < -0.3 is 9.47 Å². The minimum absolute atomic E-state index is 0.0900. The van der Waals surface area contributed by atoms with Crippen molar-refractivity contribution in [2.24, 2.45) is 5.92 Å². The average molecular weight is 286 g/mol. The molecule has 0 aromatic heterocycles. The number of hydrogen-bond acceptors (Lipinski definition) is 2. The fourth-order valence-corrected chi connectivity index (χ4v) is 3.20. The van der Waals surface area contributed by atoms with Gasteiger partial charge in [-0.3, -0.25) is 0 Å². The molecule has 0 saturated carbocycles. The van der Waals surface area contributed by atoms with Crippen LogP contribution in [0.1, 0.15) is 43.9 Å². The SMILES string of the molecule is CC1(C)Oc2ccc(C(F)(F)F)cc2[C@H]2OCCC[C@@H]21. The lowest BCUT2D eigenvalue weighted by Gasteiger charge is -2.47. The molecular formula is C15H17F3O2. The number of benzene rings is 1. The van der Waals surface area contributed by atoms with E-state index in [-0.39, 0.29) is 12.0 Å². The van der Waals surface area contributed by atoms with E-state index in [1.54, 1.807) is 0 Å². The average Bonchev–Trinajstić information content (AvgIpc) is 2.37. The number of halogens is 3. The van der Waals surface area contributed by atoms with Crippen molar-refractivity contribution in [1.82, 2.24) is 0 Å². The van der Waals surface area contributed by atoms with Gasteiger partial charge in [-0.1, -0.05) is 0 Å². The number of fused-ring (bicyclic) bond motifs is 3. The summed E-state index contributed by atoms with van der Waals surface area (Å²) >= 11 is 0. The van der Waals surface area contributed by atoms with Crippen LogP contribution in [-0.4, -0.2) is 12.2 Å². The number of hydrogen-bond donors (Lipinski definition) is 0. The first kappa shape index (κ1) is 13.7. The van der Waals surface area contributed by atoms with E-state index in [9.17, 15) is 13.2 Å². The molecule has 1 aromatic carbocycles. The number of ether oxygens (including phenoxy) is 2. The van der Waals surface area contributed by atoms with Crippen LogP contribution in [0.15, 0.2) is 18.2 Å². The molecule has 2 nitrogen and oxygen atoms in total. The predicted octanol–water partition coefficient (Wildman–Crippen LogP) is 4.34. The summed E-state index contributed by atoms with van der Waals surface area (Å²) in [5, 5.41) is 0. The van der Waals surface area contributed by atoms with Gasteiger partial charge in [-0.05, 0) is 44.9 Å². The molecule has 2 aliphatic heterocycles. The minimum atomic E-state index is -4.34. The molecule has 0 amide bonds. The van der Waals surface area contributed by atoms with E-state index in [2.05, 4.69) is 0 Å². The Hall–Kier alpha value is -1.23. The standard InChI is InChI=1S/C15H17F3O2/c1-14(2)11-4-3-7-19-13(11)10-8-9(15(16,17)18)5-6-12(10)20-14/h5-6,8,11,13H,3-4,7H2,1-2H3/t11-,13+/m0/s1. The Kier molecular flexibility index (Phi) is 3.01. The summed E-state index contributed by atoms with van der Waals surface area (Å²) in [6, 6.07) is 3.65. The second-order valence-corrected chi connectivity index (χ2v) is 6.00. The Bertz CT molecular complexity index is 522. The van der Waals surface area contributed by atoms with Crippen molar-refractivity contribution in [3.05, 3.63) is 29.3 Å². The second-order valence-electron chi connectivity index (χ2n) is 6.00. The summed E-state index contributed by atoms with van der Waals surface area (Å²) in [5.41, 5.74) is -0.533. The third kappa shape index (κ3) is 2.18. The van der Waals surface area contributed by atoms with Crippen LogP contribution in [-0.2, 0) is 10.9 Å². The van der Waals surface area contributed by atoms with E-state index >= 15 is 0 Å². The Morgan fingerprint density at radius 3 is 2.70 bits per heavy atom. The first-order valence-corrected chi connectivity index (χ1v) is 6.81. The van der Waals surface area contributed by atoms with Gasteiger partial charge >= 0.3 is 6.18 Å². The van der Waals surface area contributed by atoms with Gasteiger partial charge in [-0.25, -0.2) is 0 Å². The topological polar surface area (TPSA) is 18.5 Å². The van der Waals surface area contributed by atoms with E-state index in [0.29, 0.717) is 17.9 Å². The molecule has 110 valence electrons.